The Balaban J connectivity index is 1.21. The van der Waals surface area contributed by atoms with Crippen LogP contribution in [0.5, 0.6) is 0 Å². The van der Waals surface area contributed by atoms with Crippen molar-refractivity contribution in [2.24, 2.45) is 0 Å². The van der Waals surface area contributed by atoms with Gasteiger partial charge in [0.05, 0.1) is 17.4 Å². The molecule has 1 saturated carbocycles. The molecule has 1 amide bonds. The molecule has 0 aromatic carbocycles. The van der Waals surface area contributed by atoms with E-state index in [0.29, 0.717) is 37.7 Å². The summed E-state index contributed by atoms with van der Waals surface area (Å²) in [5.41, 5.74) is 0.517. The first-order valence-electron chi connectivity index (χ1n) is 14.3. The van der Waals surface area contributed by atoms with Gasteiger partial charge in [0.2, 0.25) is 11.9 Å². The fourth-order valence-electron chi connectivity index (χ4n) is 5.72. The lowest BCUT2D eigenvalue weighted by Gasteiger charge is -2.41. The van der Waals surface area contributed by atoms with Gasteiger partial charge in [-0.3, -0.25) is 9.48 Å². The zero-order valence-electron chi connectivity index (χ0n) is 22.6. The van der Waals surface area contributed by atoms with Crippen molar-refractivity contribution in [3.8, 4) is 0 Å². The first kappa shape index (κ1) is 27.7. The predicted octanol–water partition coefficient (Wildman–Crippen LogP) is 5.14. The van der Waals surface area contributed by atoms with Crippen LogP contribution in [-0.2, 0) is 11.0 Å². The third-order valence-corrected chi connectivity index (χ3v) is 8.29. The Morgan fingerprint density at radius 3 is 2.54 bits per heavy atom. The molecule has 2 aliphatic heterocycles. The van der Waals surface area contributed by atoms with Crippen LogP contribution in [0.25, 0.3) is 0 Å². The molecule has 0 spiro atoms. The van der Waals surface area contributed by atoms with Crippen molar-refractivity contribution >= 4 is 23.4 Å². The van der Waals surface area contributed by atoms with E-state index in [1.807, 2.05) is 22.7 Å². The number of hydrogen-bond donors (Lipinski definition) is 2. The monoisotopic (exact) mass is 548 g/mol. The second-order valence-electron chi connectivity index (χ2n) is 11.0. The van der Waals surface area contributed by atoms with E-state index in [4.69, 9.17) is 0 Å². The van der Waals surface area contributed by atoms with Gasteiger partial charge in [0.25, 0.3) is 0 Å². The highest BCUT2D eigenvalue weighted by molar-refractivity contribution is 5.76. The second kappa shape index (κ2) is 12.1. The number of aryl methyl sites for hydroxylation is 1. The maximum absolute atomic E-state index is 13.7. The lowest BCUT2D eigenvalue weighted by atomic mass is 9.89. The molecule has 2 aromatic heterocycles. The summed E-state index contributed by atoms with van der Waals surface area (Å²) in [5, 5.41) is 10.6. The molecule has 1 aliphatic carbocycles. The van der Waals surface area contributed by atoms with Crippen LogP contribution in [0.15, 0.2) is 12.4 Å². The molecule has 214 valence electrons. The summed E-state index contributed by atoms with van der Waals surface area (Å²) in [4.78, 5) is 24.7. The number of nitrogens with one attached hydrogen (secondary N) is 2. The van der Waals surface area contributed by atoms with Crippen LogP contribution in [-0.4, -0.2) is 74.2 Å². The number of likely N-dealkylation sites (tertiary alicyclic amines) is 2. The number of nitrogens with zero attached hydrogens (tertiary/aromatic N) is 6. The Morgan fingerprint density at radius 1 is 1.03 bits per heavy atom. The molecule has 4 heterocycles. The van der Waals surface area contributed by atoms with Crippen molar-refractivity contribution in [1.29, 1.82) is 0 Å². The van der Waals surface area contributed by atoms with E-state index in [9.17, 15) is 18.0 Å². The van der Waals surface area contributed by atoms with Gasteiger partial charge in [-0.15, -0.1) is 0 Å². The molecule has 9 nitrogen and oxygen atoms in total. The van der Waals surface area contributed by atoms with Crippen LogP contribution in [0.4, 0.5) is 30.6 Å². The lowest BCUT2D eigenvalue weighted by Crippen LogP contribution is -2.45. The average Bonchev–Trinajstić information content (AvgIpc) is 3.10. The summed E-state index contributed by atoms with van der Waals surface area (Å²) < 4.78 is 43.0. The summed E-state index contributed by atoms with van der Waals surface area (Å²) in [6.07, 6.45) is 8.12. The quantitative estimate of drug-likeness (QED) is 0.420. The topological polar surface area (TPSA) is 91.2 Å². The van der Waals surface area contributed by atoms with Crippen molar-refractivity contribution in [1.82, 2.24) is 29.5 Å². The van der Waals surface area contributed by atoms with Gasteiger partial charge in [0.1, 0.15) is 11.4 Å². The molecule has 0 bridgehead atoms. The minimum atomic E-state index is -4.59. The van der Waals surface area contributed by atoms with Crippen molar-refractivity contribution in [3.05, 3.63) is 23.7 Å². The molecule has 2 aromatic rings. The van der Waals surface area contributed by atoms with E-state index in [-0.39, 0.29) is 24.2 Å². The van der Waals surface area contributed by atoms with Gasteiger partial charge in [-0.2, -0.15) is 23.3 Å². The number of alkyl halides is 3. The molecule has 12 heteroatoms. The van der Waals surface area contributed by atoms with Gasteiger partial charge >= 0.3 is 6.18 Å². The van der Waals surface area contributed by atoms with Crippen molar-refractivity contribution in [2.75, 3.05) is 43.4 Å². The third kappa shape index (κ3) is 6.82. The zero-order chi connectivity index (χ0) is 27.4. The van der Waals surface area contributed by atoms with E-state index >= 15 is 0 Å². The van der Waals surface area contributed by atoms with Crippen LogP contribution in [0, 0.1) is 6.92 Å². The minimum Gasteiger partial charge on any atom is -0.369 e. The first-order valence-corrected chi connectivity index (χ1v) is 14.3. The Kier molecular flexibility index (Phi) is 8.58. The fourth-order valence-corrected chi connectivity index (χ4v) is 5.72. The summed E-state index contributed by atoms with van der Waals surface area (Å²) in [6, 6.07) is 1.05. The molecule has 0 radical (unpaired) electrons. The summed E-state index contributed by atoms with van der Waals surface area (Å²) in [6.45, 7) is 5.50. The second-order valence-corrected chi connectivity index (χ2v) is 11.0. The predicted molar refractivity (Wildman–Crippen MR) is 143 cm³/mol. The molecule has 3 aliphatic rings. The summed E-state index contributed by atoms with van der Waals surface area (Å²) in [5.74, 6) is -0.0666. The Hall–Kier alpha value is -2.89. The largest absolute Gasteiger partial charge is 0.421 e. The molecule has 5 rings (SSSR count). The number of rotatable bonds is 9. The van der Waals surface area contributed by atoms with E-state index in [1.165, 1.54) is 19.3 Å². The molecule has 2 N–H and O–H groups in total. The van der Waals surface area contributed by atoms with Crippen molar-refractivity contribution in [3.63, 3.8) is 0 Å². The minimum absolute atomic E-state index is 0.0793. The Labute approximate surface area is 227 Å². The van der Waals surface area contributed by atoms with Crippen LogP contribution >= 0.6 is 0 Å². The molecule has 3 fully saturated rings. The molecule has 2 saturated heterocycles. The molecule has 39 heavy (non-hydrogen) atoms. The maximum atomic E-state index is 13.7. The van der Waals surface area contributed by atoms with Crippen molar-refractivity contribution < 1.29 is 18.0 Å². The van der Waals surface area contributed by atoms with Gasteiger partial charge in [-0.1, -0.05) is 12.8 Å². The van der Waals surface area contributed by atoms with E-state index in [2.05, 4.69) is 30.6 Å². The number of amides is 1. The highest BCUT2D eigenvalue weighted by atomic mass is 19.4. The fraction of sp³-hybridized carbons (Fsp3) is 0.704. The Bertz CT molecular complexity index is 1120. The smallest absolute Gasteiger partial charge is 0.369 e. The van der Waals surface area contributed by atoms with Crippen LogP contribution < -0.4 is 10.6 Å². The van der Waals surface area contributed by atoms with Gasteiger partial charge in [0.15, 0.2) is 0 Å². The normalized spacial score (nSPS) is 20.1. The molecular formula is C27H39F3N8O. The van der Waals surface area contributed by atoms with Gasteiger partial charge < -0.3 is 20.4 Å². The van der Waals surface area contributed by atoms with E-state index in [0.717, 1.165) is 63.1 Å². The summed E-state index contributed by atoms with van der Waals surface area (Å²) in [7, 11) is 0. The SMILES string of the molecule is Cc1nn(C2CCN(C3CCC3)CC2)cc1Nc1ncc(C(F)(F)F)c(NCCCN2CCCCCC2=O)n1. The number of halogens is 3. The van der Waals surface area contributed by atoms with Gasteiger partial charge in [-0.05, 0) is 51.9 Å². The third-order valence-electron chi connectivity index (χ3n) is 8.29. The number of carbonyl (C=O) groups excluding carboxylic acids is 1. The first-order chi connectivity index (χ1) is 18.8. The number of aromatic nitrogens is 4. The van der Waals surface area contributed by atoms with Crippen LogP contribution in [0.2, 0.25) is 0 Å². The average molecular weight is 549 g/mol. The van der Waals surface area contributed by atoms with Crippen LogP contribution in [0.3, 0.4) is 0 Å². The number of hydrogen-bond acceptors (Lipinski definition) is 7. The van der Waals surface area contributed by atoms with E-state index < -0.39 is 11.7 Å². The highest BCUT2D eigenvalue weighted by Gasteiger charge is 2.35. The van der Waals surface area contributed by atoms with Gasteiger partial charge in [0, 0.05) is 57.6 Å². The highest BCUT2D eigenvalue weighted by Crippen LogP contribution is 2.35. The molecular weight excluding hydrogens is 509 g/mol. The number of anilines is 3. The summed E-state index contributed by atoms with van der Waals surface area (Å²) >= 11 is 0. The van der Waals surface area contributed by atoms with Crippen molar-refractivity contribution in [2.45, 2.75) is 89.4 Å². The Morgan fingerprint density at radius 2 is 1.82 bits per heavy atom. The van der Waals surface area contributed by atoms with Crippen LogP contribution in [0.1, 0.15) is 81.5 Å². The zero-order valence-corrected chi connectivity index (χ0v) is 22.6. The molecule has 0 atom stereocenters. The lowest BCUT2D eigenvalue weighted by molar-refractivity contribution is -0.137. The number of piperidine rings is 1. The van der Waals surface area contributed by atoms with Gasteiger partial charge in [-0.25, -0.2) is 4.98 Å². The van der Waals surface area contributed by atoms with E-state index in [1.54, 1.807) is 0 Å². The maximum Gasteiger partial charge on any atom is 0.421 e. The molecule has 0 unspecified atom stereocenters. The standard InChI is InChI=1S/C27H39F3N8O/c1-19-23(18-38(35-19)21-10-15-36(16-11-21)20-7-5-8-20)33-26-32-17-22(27(28,29)30)25(34-26)31-12-6-14-37-13-4-2-3-9-24(37)39/h17-18,20-21H,2-16H2,1H3,(H2,31,32,33,34). The number of carbonyl (C=O) groups is 1.